The number of aliphatic carboxylic acids is 1. The number of hydrogen-bond donors (Lipinski definition) is 1. The molecule has 0 bridgehead atoms. The van der Waals surface area contributed by atoms with Crippen LogP contribution >= 0.6 is 35.6 Å². The Morgan fingerprint density at radius 2 is 1.66 bits per heavy atom. The quantitative estimate of drug-likeness (QED) is 0.188. The molecular weight excluding hydrogens is 573 g/mol. The highest BCUT2D eigenvalue weighted by molar-refractivity contribution is 7.90. The molecule has 1 N–H and O–H groups in total. The van der Waals surface area contributed by atoms with Crippen molar-refractivity contribution >= 4 is 80.1 Å². The third kappa shape index (κ3) is 5.44. The summed E-state index contributed by atoms with van der Waals surface area (Å²) in [5, 5.41) is 10.3. The van der Waals surface area contributed by atoms with Crippen molar-refractivity contribution in [2.24, 2.45) is 0 Å². The monoisotopic (exact) mass is 593 g/mol. The summed E-state index contributed by atoms with van der Waals surface area (Å²) < 4.78 is 33.9. The minimum Gasteiger partial charge on any atom is -0.478 e. The first-order valence-electron chi connectivity index (χ1n) is 11.1. The standard InChI is InChI=1S/C27H21Cl2NO6S.ClH/c1-3-36-27(33)25-21(15-20(26(31)32)17-7-5-4-6-8-17)24-22(29)13-18(28)14-23(24)30(25)37(34,35)19-11-9-16(2)10-12-19;/h4-15H,3H2,1-2H3,(H,31,32);1H/b20-15-;. The Morgan fingerprint density at radius 3 is 2.24 bits per heavy atom. The largest absolute Gasteiger partial charge is 0.478 e. The summed E-state index contributed by atoms with van der Waals surface area (Å²) in [5.41, 5.74) is 0.597. The lowest BCUT2D eigenvalue weighted by molar-refractivity contribution is -0.130. The average Bonchev–Trinajstić information content (AvgIpc) is 3.18. The molecule has 0 amide bonds. The molecule has 0 atom stereocenters. The molecule has 0 aliphatic carbocycles. The summed E-state index contributed by atoms with van der Waals surface area (Å²) in [7, 11) is -4.39. The molecule has 0 spiro atoms. The fraction of sp³-hybridized carbons (Fsp3) is 0.111. The molecule has 198 valence electrons. The summed E-state index contributed by atoms with van der Waals surface area (Å²) in [4.78, 5) is 25.5. The van der Waals surface area contributed by atoms with E-state index in [2.05, 4.69) is 0 Å². The third-order valence-corrected chi connectivity index (χ3v) is 7.86. The lowest BCUT2D eigenvalue weighted by atomic mass is 10.0. The van der Waals surface area contributed by atoms with Gasteiger partial charge in [0.2, 0.25) is 0 Å². The Labute approximate surface area is 235 Å². The Hall–Kier alpha value is -3.30. The number of carbonyl (C=O) groups excluding carboxylic acids is 1. The number of hydrogen-bond acceptors (Lipinski definition) is 5. The molecule has 0 aliphatic heterocycles. The van der Waals surface area contributed by atoms with Gasteiger partial charge in [0.05, 0.1) is 27.6 Å². The zero-order chi connectivity index (χ0) is 26.9. The minimum absolute atomic E-state index is 0. The van der Waals surface area contributed by atoms with Crippen molar-refractivity contribution in [2.75, 3.05) is 6.61 Å². The van der Waals surface area contributed by atoms with Crippen molar-refractivity contribution in [3.05, 3.63) is 99.2 Å². The third-order valence-electron chi connectivity index (χ3n) is 5.61. The number of carboxylic acids is 1. The van der Waals surface area contributed by atoms with Crippen molar-refractivity contribution in [1.82, 2.24) is 3.97 Å². The van der Waals surface area contributed by atoms with E-state index in [1.807, 2.05) is 6.92 Å². The van der Waals surface area contributed by atoms with Crippen molar-refractivity contribution in [3.63, 3.8) is 0 Å². The molecule has 0 saturated carbocycles. The van der Waals surface area contributed by atoms with E-state index in [9.17, 15) is 23.1 Å². The van der Waals surface area contributed by atoms with Gasteiger partial charge in [-0.15, -0.1) is 12.4 Å². The van der Waals surface area contributed by atoms with Crippen LogP contribution in [-0.2, 0) is 19.6 Å². The maximum absolute atomic E-state index is 13.9. The number of halogens is 3. The van der Waals surface area contributed by atoms with Gasteiger partial charge in [0.25, 0.3) is 10.0 Å². The van der Waals surface area contributed by atoms with Crippen LogP contribution in [0.5, 0.6) is 0 Å². The second-order valence-corrected chi connectivity index (χ2v) is 10.7. The van der Waals surface area contributed by atoms with Gasteiger partial charge >= 0.3 is 11.9 Å². The van der Waals surface area contributed by atoms with Crippen LogP contribution in [0.1, 0.15) is 34.1 Å². The van der Waals surface area contributed by atoms with E-state index in [1.54, 1.807) is 49.4 Å². The first-order valence-corrected chi connectivity index (χ1v) is 13.3. The van der Waals surface area contributed by atoms with Crippen LogP contribution in [0, 0.1) is 6.92 Å². The predicted octanol–water partition coefficient (Wildman–Crippen LogP) is 6.72. The highest BCUT2D eigenvalue weighted by Gasteiger charge is 2.33. The smallest absolute Gasteiger partial charge is 0.356 e. The van der Waals surface area contributed by atoms with Crippen molar-refractivity contribution < 1.29 is 27.9 Å². The van der Waals surface area contributed by atoms with Crippen LogP contribution in [0.25, 0.3) is 22.6 Å². The molecule has 11 heteroatoms. The second-order valence-electron chi connectivity index (χ2n) is 8.08. The van der Waals surface area contributed by atoms with Gasteiger partial charge in [-0.1, -0.05) is 71.2 Å². The lowest BCUT2D eigenvalue weighted by Crippen LogP contribution is -2.20. The Bertz CT molecular complexity index is 1660. The molecule has 0 unspecified atom stereocenters. The van der Waals surface area contributed by atoms with Gasteiger partial charge in [-0.05, 0) is 49.8 Å². The van der Waals surface area contributed by atoms with E-state index < -0.39 is 27.7 Å². The summed E-state index contributed by atoms with van der Waals surface area (Å²) in [6, 6.07) is 17.1. The number of carbonyl (C=O) groups is 2. The topological polar surface area (TPSA) is 103 Å². The van der Waals surface area contributed by atoms with Gasteiger partial charge in [0, 0.05) is 16.0 Å². The van der Waals surface area contributed by atoms with Gasteiger partial charge < -0.3 is 9.84 Å². The molecule has 1 heterocycles. The number of aromatic nitrogens is 1. The highest BCUT2D eigenvalue weighted by atomic mass is 35.5. The molecule has 0 fully saturated rings. The van der Waals surface area contributed by atoms with Gasteiger partial charge in [-0.3, -0.25) is 0 Å². The molecule has 3 aromatic carbocycles. The molecule has 1 aromatic heterocycles. The van der Waals surface area contributed by atoms with E-state index >= 15 is 0 Å². The summed E-state index contributed by atoms with van der Waals surface area (Å²) in [6.45, 7) is 3.34. The number of nitrogens with zero attached hydrogens (tertiary/aromatic N) is 1. The van der Waals surface area contributed by atoms with E-state index in [0.29, 0.717) is 5.56 Å². The fourth-order valence-corrected chi connectivity index (χ4v) is 6.06. The van der Waals surface area contributed by atoms with Gasteiger partial charge in [-0.25, -0.2) is 22.0 Å². The summed E-state index contributed by atoms with van der Waals surface area (Å²) in [6.07, 6.45) is 1.23. The number of ether oxygens (including phenoxy) is 1. The molecule has 4 rings (SSSR count). The van der Waals surface area contributed by atoms with Crippen LogP contribution in [0.2, 0.25) is 10.0 Å². The van der Waals surface area contributed by atoms with E-state index in [0.717, 1.165) is 9.54 Å². The first kappa shape index (κ1) is 29.3. The fourth-order valence-electron chi connectivity index (χ4n) is 3.96. The van der Waals surface area contributed by atoms with Crippen molar-refractivity contribution in [1.29, 1.82) is 0 Å². The number of esters is 1. The van der Waals surface area contributed by atoms with E-state index in [4.69, 9.17) is 27.9 Å². The van der Waals surface area contributed by atoms with Crippen LogP contribution in [0.15, 0.2) is 71.6 Å². The molecule has 38 heavy (non-hydrogen) atoms. The van der Waals surface area contributed by atoms with Crippen molar-refractivity contribution in [2.45, 2.75) is 18.7 Å². The maximum atomic E-state index is 13.9. The zero-order valence-corrected chi connectivity index (χ0v) is 23.3. The number of benzene rings is 3. The summed E-state index contributed by atoms with van der Waals surface area (Å²) >= 11 is 12.8. The van der Waals surface area contributed by atoms with E-state index in [1.165, 1.54) is 30.3 Å². The number of fused-ring (bicyclic) bond motifs is 1. The van der Waals surface area contributed by atoms with Crippen molar-refractivity contribution in [3.8, 4) is 0 Å². The molecule has 0 radical (unpaired) electrons. The maximum Gasteiger partial charge on any atom is 0.356 e. The number of carboxylic acid groups (broad SMARTS) is 1. The Kier molecular flexibility index (Phi) is 8.94. The second kappa shape index (κ2) is 11.6. The first-order chi connectivity index (χ1) is 17.6. The summed E-state index contributed by atoms with van der Waals surface area (Å²) in [5.74, 6) is -2.25. The van der Waals surface area contributed by atoms with E-state index in [-0.39, 0.29) is 56.0 Å². The Balaban J connectivity index is 0.00000400. The molecule has 4 aromatic rings. The van der Waals surface area contributed by atoms with Crippen LogP contribution < -0.4 is 0 Å². The van der Waals surface area contributed by atoms with Gasteiger partial charge in [0.1, 0.15) is 0 Å². The molecule has 0 aliphatic rings. The van der Waals surface area contributed by atoms with Gasteiger partial charge in [0.15, 0.2) is 5.69 Å². The van der Waals surface area contributed by atoms with Gasteiger partial charge in [-0.2, -0.15) is 0 Å². The average molecular weight is 595 g/mol. The number of rotatable bonds is 7. The number of aryl methyl sites for hydroxylation is 1. The normalized spacial score (nSPS) is 11.7. The predicted molar refractivity (Wildman–Crippen MR) is 151 cm³/mol. The lowest BCUT2D eigenvalue weighted by Gasteiger charge is -2.12. The molecule has 7 nitrogen and oxygen atoms in total. The zero-order valence-electron chi connectivity index (χ0n) is 20.1. The molecule has 0 saturated heterocycles. The highest BCUT2D eigenvalue weighted by Crippen LogP contribution is 2.39. The Morgan fingerprint density at radius 1 is 1.03 bits per heavy atom. The SMILES string of the molecule is CCOC(=O)c1c(/C=C(\C(=O)O)c2ccccc2)c2c(Cl)cc(Cl)cc2n1S(=O)(=O)c1ccc(C)cc1.Cl. The van der Waals surface area contributed by atoms with Crippen LogP contribution in [-0.4, -0.2) is 36.0 Å². The van der Waals surface area contributed by atoms with Crippen LogP contribution in [0.4, 0.5) is 0 Å². The molecular formula is C27H22Cl3NO6S. The van der Waals surface area contributed by atoms with Crippen LogP contribution in [0.3, 0.4) is 0 Å². The minimum atomic E-state index is -4.39.